The van der Waals surface area contributed by atoms with Crippen molar-refractivity contribution >= 4 is 23.2 Å². The van der Waals surface area contributed by atoms with Gasteiger partial charge in [0.2, 0.25) is 0 Å². The second kappa shape index (κ2) is 5.70. The van der Waals surface area contributed by atoms with Crippen molar-refractivity contribution in [3.05, 3.63) is 57.8 Å². The molecule has 94 valence electrons. The molecule has 0 heterocycles. The fourth-order valence-corrected chi connectivity index (χ4v) is 2.21. The first-order valence-electron chi connectivity index (χ1n) is 5.49. The van der Waals surface area contributed by atoms with E-state index in [1.54, 1.807) is 6.07 Å². The molecule has 2 rings (SSSR count). The number of rotatable bonds is 3. The SMILES string of the molecule is CNCc1cc(-c2cc(F)cc(Cl)c2)ccc1Cl. The van der Waals surface area contributed by atoms with Crippen LogP contribution >= 0.6 is 23.2 Å². The van der Waals surface area contributed by atoms with Crippen LogP contribution in [0.3, 0.4) is 0 Å². The van der Waals surface area contributed by atoms with Crippen LogP contribution in [0.2, 0.25) is 10.0 Å². The predicted molar refractivity (Wildman–Crippen MR) is 74.6 cm³/mol. The summed E-state index contributed by atoms with van der Waals surface area (Å²) in [4.78, 5) is 0. The van der Waals surface area contributed by atoms with Crippen molar-refractivity contribution in [1.29, 1.82) is 0 Å². The molecule has 0 unspecified atom stereocenters. The van der Waals surface area contributed by atoms with Crippen LogP contribution in [0.5, 0.6) is 0 Å². The standard InChI is InChI=1S/C14H12Cl2FN/c1-18-8-11-4-9(2-3-14(11)16)10-5-12(15)7-13(17)6-10/h2-7,18H,8H2,1H3. The normalized spacial score (nSPS) is 10.7. The van der Waals surface area contributed by atoms with Gasteiger partial charge in [-0.15, -0.1) is 0 Å². The van der Waals surface area contributed by atoms with Gasteiger partial charge in [0.25, 0.3) is 0 Å². The average Bonchev–Trinajstić information content (AvgIpc) is 2.31. The molecular weight excluding hydrogens is 272 g/mol. The summed E-state index contributed by atoms with van der Waals surface area (Å²) >= 11 is 11.9. The van der Waals surface area contributed by atoms with Crippen LogP contribution < -0.4 is 5.32 Å². The predicted octanol–water partition coefficient (Wildman–Crippen LogP) is 4.52. The maximum atomic E-state index is 13.3. The molecule has 2 aromatic carbocycles. The lowest BCUT2D eigenvalue weighted by molar-refractivity contribution is 0.628. The Hall–Kier alpha value is -1.09. The number of benzene rings is 2. The molecule has 0 fully saturated rings. The van der Waals surface area contributed by atoms with Crippen LogP contribution in [0.4, 0.5) is 4.39 Å². The lowest BCUT2D eigenvalue weighted by Crippen LogP contribution is -2.05. The smallest absolute Gasteiger partial charge is 0.125 e. The van der Waals surface area contributed by atoms with Gasteiger partial charge in [0, 0.05) is 16.6 Å². The molecule has 1 nitrogen and oxygen atoms in total. The lowest BCUT2D eigenvalue weighted by Gasteiger charge is -2.08. The molecular formula is C14H12Cl2FN. The Morgan fingerprint density at radius 2 is 1.83 bits per heavy atom. The van der Waals surface area contributed by atoms with Crippen LogP contribution in [0.15, 0.2) is 36.4 Å². The third kappa shape index (κ3) is 3.02. The monoisotopic (exact) mass is 283 g/mol. The summed E-state index contributed by atoms with van der Waals surface area (Å²) in [6.07, 6.45) is 0. The van der Waals surface area contributed by atoms with Gasteiger partial charge in [-0.05, 0) is 54.1 Å². The average molecular weight is 284 g/mol. The molecule has 4 heteroatoms. The minimum absolute atomic E-state index is 0.345. The minimum Gasteiger partial charge on any atom is -0.316 e. The van der Waals surface area contributed by atoms with Crippen molar-refractivity contribution in [3.63, 3.8) is 0 Å². The molecule has 0 aliphatic heterocycles. The highest BCUT2D eigenvalue weighted by Crippen LogP contribution is 2.28. The van der Waals surface area contributed by atoms with Crippen molar-refractivity contribution in [2.75, 3.05) is 7.05 Å². The Morgan fingerprint density at radius 1 is 1.06 bits per heavy atom. The summed E-state index contributed by atoms with van der Waals surface area (Å²) in [7, 11) is 1.85. The van der Waals surface area contributed by atoms with E-state index in [0.29, 0.717) is 16.6 Å². The number of nitrogens with one attached hydrogen (secondary N) is 1. The van der Waals surface area contributed by atoms with Gasteiger partial charge in [-0.2, -0.15) is 0 Å². The van der Waals surface area contributed by atoms with Gasteiger partial charge >= 0.3 is 0 Å². The first-order valence-corrected chi connectivity index (χ1v) is 6.25. The van der Waals surface area contributed by atoms with E-state index in [2.05, 4.69) is 5.32 Å². The van der Waals surface area contributed by atoms with Gasteiger partial charge in [-0.3, -0.25) is 0 Å². The Kier molecular flexibility index (Phi) is 4.23. The highest BCUT2D eigenvalue weighted by molar-refractivity contribution is 6.31. The highest BCUT2D eigenvalue weighted by atomic mass is 35.5. The fourth-order valence-electron chi connectivity index (χ4n) is 1.80. The summed E-state index contributed by atoms with van der Waals surface area (Å²) in [6, 6.07) is 10.1. The van der Waals surface area contributed by atoms with Gasteiger partial charge in [-0.25, -0.2) is 4.39 Å². The zero-order valence-corrected chi connectivity index (χ0v) is 11.3. The molecule has 0 saturated carbocycles. The Morgan fingerprint density at radius 3 is 2.50 bits per heavy atom. The highest BCUT2D eigenvalue weighted by Gasteiger charge is 2.06. The zero-order valence-electron chi connectivity index (χ0n) is 9.81. The summed E-state index contributed by atoms with van der Waals surface area (Å²) < 4.78 is 13.3. The first kappa shape index (κ1) is 13.3. The molecule has 0 radical (unpaired) electrons. The van der Waals surface area contributed by atoms with Crippen LogP contribution in [0.1, 0.15) is 5.56 Å². The van der Waals surface area contributed by atoms with Crippen LogP contribution in [0.25, 0.3) is 11.1 Å². The van der Waals surface area contributed by atoms with E-state index in [0.717, 1.165) is 16.7 Å². The van der Waals surface area contributed by atoms with Gasteiger partial charge in [-0.1, -0.05) is 29.3 Å². The van der Waals surface area contributed by atoms with Crippen molar-refractivity contribution in [3.8, 4) is 11.1 Å². The van der Waals surface area contributed by atoms with E-state index in [9.17, 15) is 4.39 Å². The van der Waals surface area contributed by atoms with Crippen molar-refractivity contribution in [2.24, 2.45) is 0 Å². The van der Waals surface area contributed by atoms with E-state index >= 15 is 0 Å². The lowest BCUT2D eigenvalue weighted by atomic mass is 10.0. The number of halogens is 3. The molecule has 0 spiro atoms. The van der Waals surface area contributed by atoms with Gasteiger partial charge in [0.1, 0.15) is 5.82 Å². The summed E-state index contributed by atoms with van der Waals surface area (Å²) in [5, 5.41) is 4.12. The van der Waals surface area contributed by atoms with Crippen LogP contribution in [-0.4, -0.2) is 7.05 Å². The molecule has 0 aliphatic carbocycles. The number of hydrogen-bond acceptors (Lipinski definition) is 1. The Labute approximate surface area is 116 Å². The van der Waals surface area contributed by atoms with E-state index in [4.69, 9.17) is 23.2 Å². The molecule has 0 aromatic heterocycles. The van der Waals surface area contributed by atoms with Gasteiger partial charge < -0.3 is 5.32 Å². The number of hydrogen-bond donors (Lipinski definition) is 1. The van der Waals surface area contributed by atoms with Crippen molar-refractivity contribution < 1.29 is 4.39 Å². The fraction of sp³-hybridized carbons (Fsp3) is 0.143. The van der Waals surface area contributed by atoms with Gasteiger partial charge in [0.15, 0.2) is 0 Å². The third-order valence-corrected chi connectivity index (χ3v) is 3.20. The maximum absolute atomic E-state index is 13.3. The van der Waals surface area contributed by atoms with E-state index in [1.165, 1.54) is 12.1 Å². The second-order valence-corrected chi connectivity index (χ2v) is 4.84. The largest absolute Gasteiger partial charge is 0.316 e. The molecule has 18 heavy (non-hydrogen) atoms. The van der Waals surface area contributed by atoms with E-state index < -0.39 is 0 Å². The van der Waals surface area contributed by atoms with Crippen molar-refractivity contribution in [2.45, 2.75) is 6.54 Å². The molecule has 0 amide bonds. The second-order valence-electron chi connectivity index (χ2n) is 3.99. The van der Waals surface area contributed by atoms with Crippen LogP contribution in [0, 0.1) is 5.82 Å². The van der Waals surface area contributed by atoms with Crippen molar-refractivity contribution in [1.82, 2.24) is 5.32 Å². The van der Waals surface area contributed by atoms with Crippen LogP contribution in [-0.2, 0) is 6.54 Å². The minimum atomic E-state index is -0.345. The third-order valence-electron chi connectivity index (χ3n) is 2.61. The van der Waals surface area contributed by atoms with E-state index in [1.807, 2.05) is 25.2 Å². The summed E-state index contributed by atoms with van der Waals surface area (Å²) in [6.45, 7) is 0.662. The molecule has 0 aliphatic rings. The quantitative estimate of drug-likeness (QED) is 0.873. The Bertz CT molecular complexity index is 549. The molecule has 1 N–H and O–H groups in total. The summed E-state index contributed by atoms with van der Waals surface area (Å²) in [5.41, 5.74) is 2.61. The molecule has 2 aromatic rings. The molecule has 0 saturated heterocycles. The maximum Gasteiger partial charge on any atom is 0.125 e. The summed E-state index contributed by atoms with van der Waals surface area (Å²) in [5.74, 6) is -0.345. The van der Waals surface area contributed by atoms with Gasteiger partial charge in [0.05, 0.1) is 0 Å². The van der Waals surface area contributed by atoms with E-state index in [-0.39, 0.29) is 5.82 Å². The zero-order chi connectivity index (χ0) is 13.1. The Balaban J connectivity index is 2.47. The molecule has 0 bridgehead atoms. The topological polar surface area (TPSA) is 12.0 Å². The first-order chi connectivity index (χ1) is 8.60. The molecule has 0 atom stereocenters.